The fraction of sp³-hybridized carbons (Fsp3) is 0.412. The Hall–Kier alpha value is -2.61. The number of hydrogen-bond acceptors (Lipinski definition) is 5. The number of amides is 1. The van der Waals surface area contributed by atoms with E-state index in [9.17, 15) is 9.59 Å². The number of carbonyl (C=O) groups is 2. The minimum Gasteiger partial charge on any atom is -0.451 e. The number of esters is 1. The van der Waals surface area contributed by atoms with E-state index in [1.807, 2.05) is 71.6 Å². The maximum atomic E-state index is 14.0. The molecule has 3 aromatic rings. The zero-order valence-corrected chi connectivity index (χ0v) is 27.0. The van der Waals surface area contributed by atoms with Crippen LogP contribution in [0.5, 0.6) is 0 Å². The highest BCUT2D eigenvalue weighted by Gasteiger charge is 2.62. The van der Waals surface area contributed by atoms with Crippen molar-refractivity contribution in [3.63, 3.8) is 0 Å². The first-order valence-electron chi connectivity index (χ1n) is 14.8. The second-order valence-corrected chi connectivity index (χ2v) is 11.8. The first-order valence-corrected chi connectivity index (χ1v) is 15.6. The van der Waals surface area contributed by atoms with Gasteiger partial charge in [0, 0.05) is 31.5 Å². The third-order valence-corrected chi connectivity index (χ3v) is 9.35. The Morgan fingerprint density at radius 3 is 2.21 bits per heavy atom. The second kappa shape index (κ2) is 14.4. The molecule has 43 heavy (non-hydrogen) atoms. The summed E-state index contributed by atoms with van der Waals surface area (Å²) in [6.07, 6.45) is 3.19. The summed E-state index contributed by atoms with van der Waals surface area (Å²) >= 11 is 13.1. The smallest absolute Gasteiger partial charge is 0.306 e. The van der Waals surface area contributed by atoms with Gasteiger partial charge in [-0.3, -0.25) is 14.5 Å². The number of halogens is 3. The number of ether oxygens (including phenoxy) is 2. The van der Waals surface area contributed by atoms with Crippen LogP contribution in [-0.2, 0) is 25.5 Å². The van der Waals surface area contributed by atoms with Gasteiger partial charge in [0.2, 0.25) is 0 Å². The minimum absolute atomic E-state index is 0. The van der Waals surface area contributed by atoms with Crippen LogP contribution in [0.3, 0.4) is 0 Å². The zero-order valence-electron chi connectivity index (χ0n) is 24.6. The van der Waals surface area contributed by atoms with E-state index in [4.69, 9.17) is 32.7 Å². The number of benzene rings is 3. The lowest BCUT2D eigenvalue weighted by atomic mass is 9.68. The van der Waals surface area contributed by atoms with Crippen molar-refractivity contribution >= 4 is 47.5 Å². The number of rotatable bonds is 8. The van der Waals surface area contributed by atoms with Crippen molar-refractivity contribution in [1.29, 1.82) is 0 Å². The van der Waals surface area contributed by atoms with E-state index in [-0.39, 0.29) is 43.5 Å². The monoisotopic (exact) mass is 644 g/mol. The fourth-order valence-electron chi connectivity index (χ4n) is 6.41. The van der Waals surface area contributed by atoms with Crippen LogP contribution in [0, 0.1) is 0 Å². The molecule has 2 aliphatic rings. The summed E-state index contributed by atoms with van der Waals surface area (Å²) in [5, 5.41) is 0.774. The Bertz CT molecular complexity index is 1390. The Balaban J connectivity index is 0.00000423. The normalized spacial score (nSPS) is 24.2. The average Bonchev–Trinajstić information content (AvgIpc) is 3.03. The molecule has 0 spiro atoms. The van der Waals surface area contributed by atoms with E-state index < -0.39 is 11.2 Å². The molecular weight excluding hydrogens is 607 g/mol. The Morgan fingerprint density at radius 2 is 1.56 bits per heavy atom. The predicted molar refractivity (Wildman–Crippen MR) is 173 cm³/mol. The number of hydrogen-bond donors (Lipinski definition) is 0. The number of nitrogens with zero attached hydrogens (tertiary/aromatic N) is 2. The van der Waals surface area contributed by atoms with E-state index in [1.54, 1.807) is 19.1 Å². The lowest BCUT2D eigenvalue weighted by molar-refractivity contribution is -0.279. The van der Waals surface area contributed by atoms with Crippen LogP contribution < -0.4 is 0 Å². The quantitative estimate of drug-likeness (QED) is 0.234. The van der Waals surface area contributed by atoms with Crippen molar-refractivity contribution < 1.29 is 19.1 Å². The Kier molecular flexibility index (Phi) is 11.2. The second-order valence-electron chi connectivity index (χ2n) is 11.0. The van der Waals surface area contributed by atoms with Crippen molar-refractivity contribution in [3.05, 3.63) is 106 Å². The molecule has 3 atom stereocenters. The summed E-state index contributed by atoms with van der Waals surface area (Å²) in [6, 6.07) is 24.5. The van der Waals surface area contributed by atoms with Crippen LogP contribution in [0.25, 0.3) is 0 Å². The SMILES string of the molecule is CCC(=O)OC1(c2ccccc2)CCN(C(=O)c2ccccc2)CC1(OC1CCCCN1CC)c1ccc(Cl)c(Cl)c1.Cl. The Labute approximate surface area is 270 Å². The van der Waals surface area contributed by atoms with Crippen LogP contribution in [0.1, 0.15) is 67.4 Å². The van der Waals surface area contributed by atoms with Crippen LogP contribution in [0.2, 0.25) is 10.0 Å². The molecule has 230 valence electrons. The summed E-state index contributed by atoms with van der Waals surface area (Å²) < 4.78 is 14.0. The summed E-state index contributed by atoms with van der Waals surface area (Å²) in [7, 11) is 0. The molecule has 0 bridgehead atoms. The zero-order chi connectivity index (χ0) is 29.7. The average molecular weight is 646 g/mol. The third kappa shape index (κ3) is 6.59. The molecule has 2 saturated heterocycles. The van der Waals surface area contributed by atoms with Gasteiger partial charge in [0.15, 0.2) is 11.2 Å². The largest absolute Gasteiger partial charge is 0.451 e. The van der Waals surface area contributed by atoms with Crippen LogP contribution in [-0.4, -0.2) is 54.1 Å². The lowest BCUT2D eigenvalue weighted by Gasteiger charge is -2.57. The van der Waals surface area contributed by atoms with E-state index in [0.717, 1.165) is 37.9 Å². The number of likely N-dealkylation sites (tertiary alicyclic amines) is 2. The first-order chi connectivity index (χ1) is 20.3. The molecule has 5 rings (SSSR count). The van der Waals surface area contributed by atoms with Gasteiger partial charge in [-0.25, -0.2) is 0 Å². The summed E-state index contributed by atoms with van der Waals surface area (Å²) in [6.45, 7) is 6.14. The molecule has 6 nitrogen and oxygen atoms in total. The molecule has 2 heterocycles. The molecule has 1 amide bonds. The van der Waals surface area contributed by atoms with Crippen molar-refractivity contribution in [2.24, 2.45) is 0 Å². The van der Waals surface area contributed by atoms with Crippen LogP contribution in [0.4, 0.5) is 0 Å². The third-order valence-electron chi connectivity index (χ3n) is 8.61. The summed E-state index contributed by atoms with van der Waals surface area (Å²) in [4.78, 5) is 31.5. The van der Waals surface area contributed by atoms with E-state index in [0.29, 0.717) is 34.1 Å². The summed E-state index contributed by atoms with van der Waals surface area (Å²) in [5.74, 6) is -0.450. The van der Waals surface area contributed by atoms with Crippen LogP contribution >= 0.6 is 35.6 Å². The molecule has 0 saturated carbocycles. The lowest BCUT2D eigenvalue weighted by Crippen LogP contribution is -2.66. The van der Waals surface area contributed by atoms with Gasteiger partial charge in [0.05, 0.1) is 16.6 Å². The molecule has 0 aromatic heterocycles. The predicted octanol–water partition coefficient (Wildman–Crippen LogP) is 7.85. The van der Waals surface area contributed by atoms with Gasteiger partial charge >= 0.3 is 5.97 Å². The van der Waals surface area contributed by atoms with E-state index >= 15 is 0 Å². The van der Waals surface area contributed by atoms with Crippen molar-refractivity contribution in [3.8, 4) is 0 Å². The van der Waals surface area contributed by atoms with Gasteiger partial charge in [-0.15, -0.1) is 12.4 Å². The molecule has 3 aromatic carbocycles. The minimum atomic E-state index is -1.30. The Morgan fingerprint density at radius 1 is 0.860 bits per heavy atom. The highest BCUT2D eigenvalue weighted by molar-refractivity contribution is 6.42. The van der Waals surface area contributed by atoms with Crippen molar-refractivity contribution in [2.45, 2.75) is 63.4 Å². The maximum Gasteiger partial charge on any atom is 0.306 e. The molecule has 2 aliphatic heterocycles. The molecule has 9 heteroatoms. The van der Waals surface area contributed by atoms with Crippen molar-refractivity contribution in [1.82, 2.24) is 9.80 Å². The van der Waals surface area contributed by atoms with Gasteiger partial charge in [-0.1, -0.05) is 91.6 Å². The molecule has 0 radical (unpaired) electrons. The molecule has 0 aliphatic carbocycles. The van der Waals surface area contributed by atoms with E-state index in [2.05, 4.69) is 11.8 Å². The van der Waals surface area contributed by atoms with Crippen LogP contribution in [0.15, 0.2) is 78.9 Å². The topological polar surface area (TPSA) is 59.1 Å². The van der Waals surface area contributed by atoms with Gasteiger partial charge in [-0.05, 0) is 61.2 Å². The first kappa shape index (κ1) is 33.3. The summed E-state index contributed by atoms with van der Waals surface area (Å²) in [5.41, 5.74) is -0.444. The highest BCUT2D eigenvalue weighted by Crippen LogP contribution is 2.54. The molecule has 0 N–H and O–H groups in total. The highest BCUT2D eigenvalue weighted by atomic mass is 35.5. The standard InChI is InChI=1S/C34H38Cl2N2O4.ClH/c1-3-31(39)42-33(26-15-9-6-10-16-26)20-22-38(32(40)25-13-7-5-8-14-25)24-34(33,27-18-19-28(35)29(36)23-27)41-30-17-11-12-21-37(30)4-2;/h5-10,13-16,18-19,23,30H,3-4,11-12,17,20-22,24H2,1-2H3;1H. The van der Waals surface area contributed by atoms with Gasteiger partial charge < -0.3 is 14.4 Å². The molecular formula is C34H39Cl3N2O4. The van der Waals surface area contributed by atoms with Crippen molar-refractivity contribution in [2.75, 3.05) is 26.2 Å². The number of piperidine rings is 2. The van der Waals surface area contributed by atoms with Gasteiger partial charge in [-0.2, -0.15) is 0 Å². The molecule has 2 fully saturated rings. The fourth-order valence-corrected chi connectivity index (χ4v) is 6.71. The van der Waals surface area contributed by atoms with Gasteiger partial charge in [0.25, 0.3) is 5.91 Å². The number of carbonyl (C=O) groups excluding carboxylic acids is 2. The van der Waals surface area contributed by atoms with Gasteiger partial charge in [0.1, 0.15) is 6.23 Å². The van der Waals surface area contributed by atoms with E-state index in [1.165, 1.54) is 0 Å². The molecule has 3 unspecified atom stereocenters. The maximum absolute atomic E-state index is 14.0.